The Bertz CT molecular complexity index is 2010. The first-order chi connectivity index (χ1) is 24.0. The second kappa shape index (κ2) is 13.3. The Labute approximate surface area is 288 Å². The average Bonchev–Trinajstić information content (AvgIpc) is 3.82. The van der Waals surface area contributed by atoms with Crippen molar-refractivity contribution in [1.29, 1.82) is 0 Å². The molecule has 0 fully saturated rings. The lowest BCUT2D eigenvalue weighted by molar-refractivity contribution is 0.101. The second-order valence-corrected chi connectivity index (χ2v) is 12.6. The van der Waals surface area contributed by atoms with Crippen molar-refractivity contribution in [1.82, 2.24) is 9.97 Å². The molecule has 2 aliphatic heterocycles. The van der Waals surface area contributed by atoms with Crippen LogP contribution in [0, 0.1) is 0 Å². The van der Waals surface area contributed by atoms with Crippen molar-refractivity contribution in [2.75, 3.05) is 37.1 Å². The van der Waals surface area contributed by atoms with E-state index in [2.05, 4.69) is 20.6 Å². The summed E-state index contributed by atoms with van der Waals surface area (Å²) in [6.07, 6.45) is 0. The summed E-state index contributed by atoms with van der Waals surface area (Å²) in [6.45, 7) is 1.89. The highest BCUT2D eigenvalue weighted by Gasteiger charge is 2.18. The molecule has 2 aromatic heterocycles. The van der Waals surface area contributed by atoms with Crippen molar-refractivity contribution in [3.05, 3.63) is 107 Å². The average molecular weight is 691 g/mol. The van der Waals surface area contributed by atoms with E-state index in [4.69, 9.17) is 23.7 Å². The number of aromatic nitrogens is 2. The third-order valence-corrected chi connectivity index (χ3v) is 9.11. The molecule has 244 valence electrons. The molecule has 2 aliphatic rings. The van der Waals surface area contributed by atoms with Crippen LogP contribution in [-0.4, -0.2) is 48.2 Å². The Morgan fingerprint density at radius 1 is 0.551 bits per heavy atom. The number of hydrogen-bond acceptors (Lipinski definition) is 11. The Balaban J connectivity index is 0.861. The predicted molar refractivity (Wildman–Crippen MR) is 186 cm³/mol. The van der Waals surface area contributed by atoms with Gasteiger partial charge >= 0.3 is 0 Å². The first kappa shape index (κ1) is 30.4. The second-order valence-electron chi connectivity index (χ2n) is 10.9. The maximum absolute atomic E-state index is 12.8. The molecular formula is C36H26N4O7S2. The van der Waals surface area contributed by atoms with Crippen molar-refractivity contribution in [3.8, 4) is 57.0 Å². The van der Waals surface area contributed by atoms with Gasteiger partial charge in [-0.05, 0) is 84.9 Å². The van der Waals surface area contributed by atoms with Crippen LogP contribution in [-0.2, 0) is 0 Å². The van der Waals surface area contributed by atoms with Gasteiger partial charge in [-0.1, -0.05) is 0 Å². The fourth-order valence-electron chi connectivity index (χ4n) is 5.16. The Kier molecular flexibility index (Phi) is 8.25. The van der Waals surface area contributed by atoms with E-state index in [1.54, 1.807) is 36.4 Å². The quantitative estimate of drug-likeness (QED) is 0.165. The third-order valence-electron chi connectivity index (χ3n) is 7.59. The molecular weight excluding hydrogens is 665 g/mol. The summed E-state index contributed by atoms with van der Waals surface area (Å²) in [5.74, 6) is 3.15. The molecule has 8 rings (SSSR count). The van der Waals surface area contributed by atoms with Crippen LogP contribution in [0.25, 0.3) is 22.5 Å². The summed E-state index contributed by atoms with van der Waals surface area (Å²) >= 11 is 2.69. The molecule has 0 saturated heterocycles. The topological polar surface area (TPSA) is 130 Å². The largest absolute Gasteiger partial charge is 0.486 e. The lowest BCUT2D eigenvalue weighted by Gasteiger charge is -2.18. The van der Waals surface area contributed by atoms with Crippen LogP contribution >= 0.6 is 22.7 Å². The van der Waals surface area contributed by atoms with E-state index in [1.807, 2.05) is 59.3 Å². The SMILES string of the molecule is O=C(Nc1nc(-c2ccc(Oc3ccc(-c4csc(NC(=O)c5ccc6c(c5)OCCO6)n4)cc3)cc2)cs1)c1ccc2c(c1)OCCO2. The van der Waals surface area contributed by atoms with E-state index in [0.29, 0.717) is 82.3 Å². The van der Waals surface area contributed by atoms with Crippen LogP contribution < -0.4 is 34.3 Å². The van der Waals surface area contributed by atoms with E-state index < -0.39 is 0 Å². The summed E-state index contributed by atoms with van der Waals surface area (Å²) in [4.78, 5) is 34.8. The highest BCUT2D eigenvalue weighted by Crippen LogP contribution is 2.34. The van der Waals surface area contributed by atoms with Gasteiger partial charge in [0.15, 0.2) is 33.3 Å². The minimum Gasteiger partial charge on any atom is -0.486 e. The lowest BCUT2D eigenvalue weighted by Crippen LogP contribution is -2.17. The van der Waals surface area contributed by atoms with Crippen molar-refractivity contribution in [2.45, 2.75) is 0 Å². The fraction of sp³-hybridized carbons (Fsp3) is 0.111. The highest BCUT2D eigenvalue weighted by atomic mass is 32.1. The number of carbonyl (C=O) groups is 2. The van der Waals surface area contributed by atoms with Gasteiger partial charge < -0.3 is 23.7 Å². The number of hydrogen-bond donors (Lipinski definition) is 2. The van der Waals surface area contributed by atoms with Gasteiger partial charge in [-0.15, -0.1) is 22.7 Å². The number of ether oxygens (including phenoxy) is 5. The molecule has 2 amide bonds. The highest BCUT2D eigenvalue weighted by molar-refractivity contribution is 7.14. The van der Waals surface area contributed by atoms with Gasteiger partial charge in [0.1, 0.15) is 37.9 Å². The fourth-order valence-corrected chi connectivity index (χ4v) is 6.59. The van der Waals surface area contributed by atoms with Crippen molar-refractivity contribution in [3.63, 3.8) is 0 Å². The van der Waals surface area contributed by atoms with Crippen molar-refractivity contribution >= 4 is 44.8 Å². The van der Waals surface area contributed by atoms with E-state index in [-0.39, 0.29) is 11.8 Å². The number of nitrogens with one attached hydrogen (secondary N) is 2. The number of anilines is 2. The molecule has 6 aromatic rings. The molecule has 0 unspecified atom stereocenters. The number of fused-ring (bicyclic) bond motifs is 2. The van der Waals surface area contributed by atoms with E-state index in [1.165, 1.54) is 22.7 Å². The first-order valence-electron chi connectivity index (χ1n) is 15.3. The number of nitrogens with zero attached hydrogens (tertiary/aromatic N) is 2. The van der Waals surface area contributed by atoms with Crippen LogP contribution in [0.2, 0.25) is 0 Å². The van der Waals surface area contributed by atoms with Gasteiger partial charge in [0.2, 0.25) is 0 Å². The first-order valence-corrected chi connectivity index (χ1v) is 17.0. The Morgan fingerprint density at radius 3 is 1.39 bits per heavy atom. The summed E-state index contributed by atoms with van der Waals surface area (Å²) in [5, 5.41) is 10.5. The molecule has 0 atom stereocenters. The van der Waals surface area contributed by atoms with E-state index >= 15 is 0 Å². The summed E-state index contributed by atoms with van der Waals surface area (Å²) in [6, 6.07) is 25.4. The monoisotopic (exact) mass is 690 g/mol. The smallest absolute Gasteiger partial charge is 0.257 e. The molecule has 2 N–H and O–H groups in total. The number of carbonyl (C=O) groups excluding carboxylic acids is 2. The van der Waals surface area contributed by atoms with Crippen LogP contribution in [0.4, 0.5) is 10.3 Å². The molecule has 49 heavy (non-hydrogen) atoms. The Morgan fingerprint density at radius 2 is 0.959 bits per heavy atom. The van der Waals surface area contributed by atoms with Crippen LogP contribution in [0.3, 0.4) is 0 Å². The van der Waals surface area contributed by atoms with Gasteiger partial charge in [-0.3, -0.25) is 20.2 Å². The van der Waals surface area contributed by atoms with Gasteiger partial charge in [-0.2, -0.15) is 0 Å². The maximum Gasteiger partial charge on any atom is 0.257 e. The van der Waals surface area contributed by atoms with Crippen LogP contribution in [0.1, 0.15) is 20.7 Å². The normalized spacial score (nSPS) is 13.0. The summed E-state index contributed by atoms with van der Waals surface area (Å²) in [7, 11) is 0. The molecule has 0 spiro atoms. The lowest BCUT2D eigenvalue weighted by atomic mass is 10.1. The maximum atomic E-state index is 12.8. The predicted octanol–water partition coefficient (Wildman–Crippen LogP) is 7.77. The molecule has 0 aliphatic carbocycles. The molecule has 0 saturated carbocycles. The van der Waals surface area contributed by atoms with Crippen LogP contribution in [0.5, 0.6) is 34.5 Å². The zero-order valence-electron chi connectivity index (χ0n) is 25.6. The molecule has 0 radical (unpaired) electrons. The zero-order chi connectivity index (χ0) is 33.2. The minimum absolute atomic E-state index is 0.275. The Hall–Kier alpha value is -5.92. The number of thiazole rings is 2. The third kappa shape index (κ3) is 6.75. The van der Waals surface area contributed by atoms with Crippen molar-refractivity contribution in [2.24, 2.45) is 0 Å². The number of benzene rings is 4. The summed E-state index contributed by atoms with van der Waals surface area (Å²) < 4.78 is 28.3. The molecule has 0 bridgehead atoms. The minimum atomic E-state index is -0.275. The standard InChI is InChI=1S/C36H26N4O7S2/c41-33(23-5-11-29-31(17-23)45-15-13-43-29)39-35-37-27(19-48-35)21-1-7-25(8-2-21)47-26-9-3-22(4-10-26)28-20-49-36(38-28)40-34(42)24-6-12-30-32(18-24)46-16-14-44-30/h1-12,17-20H,13-16H2,(H,37,39,41)(H,38,40,42). The number of rotatable bonds is 8. The van der Waals surface area contributed by atoms with Gasteiger partial charge in [0.25, 0.3) is 11.8 Å². The van der Waals surface area contributed by atoms with Crippen molar-refractivity contribution < 1.29 is 33.3 Å². The van der Waals surface area contributed by atoms with Gasteiger partial charge in [0.05, 0.1) is 11.4 Å². The summed E-state index contributed by atoms with van der Waals surface area (Å²) in [5.41, 5.74) is 4.18. The molecule has 4 aromatic carbocycles. The molecule has 11 nitrogen and oxygen atoms in total. The van der Waals surface area contributed by atoms with E-state index in [0.717, 1.165) is 22.5 Å². The zero-order valence-corrected chi connectivity index (χ0v) is 27.3. The van der Waals surface area contributed by atoms with Crippen LogP contribution in [0.15, 0.2) is 95.7 Å². The number of amides is 2. The van der Waals surface area contributed by atoms with E-state index in [9.17, 15) is 9.59 Å². The van der Waals surface area contributed by atoms with Gasteiger partial charge in [0, 0.05) is 33.0 Å². The molecule has 13 heteroatoms. The molecule has 4 heterocycles. The van der Waals surface area contributed by atoms with Gasteiger partial charge in [-0.25, -0.2) is 9.97 Å².